The number of primary amides is 2. The molecule has 0 spiro atoms. The number of aromatic carboxylic acids is 1. The summed E-state index contributed by atoms with van der Waals surface area (Å²) in [6.45, 7) is 0. The number of carbonyl (C=O) groups is 3. The smallest absolute Gasteiger partial charge is 0.336 e. The van der Waals surface area contributed by atoms with Crippen LogP contribution in [0.15, 0.2) is 30.3 Å². The highest BCUT2D eigenvalue weighted by Gasteiger charge is 2.18. The fraction of sp³-hybridized carbons (Fsp3) is 0. The monoisotopic (exact) mass is 258 g/mol. The van der Waals surface area contributed by atoms with E-state index < -0.39 is 17.8 Å². The Bertz CT molecular complexity index is 702. The summed E-state index contributed by atoms with van der Waals surface area (Å²) in [5.41, 5.74) is 10.6. The minimum atomic E-state index is -1.16. The van der Waals surface area contributed by atoms with E-state index in [-0.39, 0.29) is 27.5 Å². The van der Waals surface area contributed by atoms with Crippen molar-refractivity contribution in [3.05, 3.63) is 47.0 Å². The molecule has 0 radical (unpaired) electrons. The molecule has 0 bridgehead atoms. The van der Waals surface area contributed by atoms with E-state index in [0.29, 0.717) is 0 Å². The molecule has 6 nitrogen and oxygen atoms in total. The van der Waals surface area contributed by atoms with Gasteiger partial charge in [-0.2, -0.15) is 0 Å². The van der Waals surface area contributed by atoms with Crippen LogP contribution in [0.4, 0.5) is 0 Å². The zero-order chi connectivity index (χ0) is 14.2. The number of benzene rings is 2. The zero-order valence-corrected chi connectivity index (χ0v) is 9.71. The molecular formula is C13H10N2O4. The Hall–Kier alpha value is -2.89. The predicted molar refractivity (Wildman–Crippen MR) is 67.9 cm³/mol. The molecular weight excluding hydrogens is 248 g/mol. The molecule has 0 aromatic heterocycles. The van der Waals surface area contributed by atoms with Crippen molar-refractivity contribution in [1.82, 2.24) is 0 Å². The molecule has 2 amide bonds. The van der Waals surface area contributed by atoms with Gasteiger partial charge in [0.05, 0.1) is 5.56 Å². The van der Waals surface area contributed by atoms with Crippen LogP contribution in [0.3, 0.4) is 0 Å². The Morgan fingerprint density at radius 3 is 1.89 bits per heavy atom. The van der Waals surface area contributed by atoms with Crippen molar-refractivity contribution in [2.75, 3.05) is 0 Å². The van der Waals surface area contributed by atoms with Crippen LogP contribution in [0.5, 0.6) is 0 Å². The summed E-state index contributed by atoms with van der Waals surface area (Å²) >= 11 is 0. The molecule has 96 valence electrons. The van der Waals surface area contributed by atoms with E-state index in [1.165, 1.54) is 30.3 Å². The van der Waals surface area contributed by atoms with E-state index in [0.717, 1.165) is 0 Å². The topological polar surface area (TPSA) is 123 Å². The minimum Gasteiger partial charge on any atom is -0.478 e. The van der Waals surface area contributed by atoms with Crippen molar-refractivity contribution in [1.29, 1.82) is 0 Å². The summed E-state index contributed by atoms with van der Waals surface area (Å²) in [5, 5.41) is 9.53. The molecule has 0 aliphatic carbocycles. The largest absolute Gasteiger partial charge is 0.478 e. The van der Waals surface area contributed by atoms with Gasteiger partial charge in [-0.15, -0.1) is 0 Å². The van der Waals surface area contributed by atoms with Crippen molar-refractivity contribution in [3.8, 4) is 0 Å². The fourth-order valence-corrected chi connectivity index (χ4v) is 2.00. The maximum atomic E-state index is 11.4. The second kappa shape index (κ2) is 4.41. The van der Waals surface area contributed by atoms with E-state index in [9.17, 15) is 14.4 Å². The summed E-state index contributed by atoms with van der Waals surface area (Å²) in [5.74, 6) is -2.67. The number of hydrogen-bond donors (Lipinski definition) is 3. The average Bonchev–Trinajstić information content (AvgIpc) is 2.35. The first kappa shape index (κ1) is 12.6. The van der Waals surface area contributed by atoms with Gasteiger partial charge in [0.1, 0.15) is 0 Å². The van der Waals surface area contributed by atoms with Crippen LogP contribution in [-0.4, -0.2) is 22.9 Å². The van der Waals surface area contributed by atoms with Crippen LogP contribution < -0.4 is 11.5 Å². The van der Waals surface area contributed by atoms with Crippen LogP contribution in [0, 0.1) is 0 Å². The number of rotatable bonds is 3. The van der Waals surface area contributed by atoms with Crippen molar-refractivity contribution in [3.63, 3.8) is 0 Å². The molecule has 5 N–H and O–H groups in total. The van der Waals surface area contributed by atoms with E-state index in [4.69, 9.17) is 16.6 Å². The minimum absolute atomic E-state index is 0.0249. The van der Waals surface area contributed by atoms with Gasteiger partial charge in [0.2, 0.25) is 11.8 Å². The third-order valence-electron chi connectivity index (χ3n) is 2.80. The van der Waals surface area contributed by atoms with Gasteiger partial charge < -0.3 is 16.6 Å². The van der Waals surface area contributed by atoms with Gasteiger partial charge in [0, 0.05) is 16.5 Å². The number of fused-ring (bicyclic) bond motifs is 1. The number of carboxylic acids is 1. The molecule has 6 heteroatoms. The highest BCUT2D eigenvalue weighted by Crippen LogP contribution is 2.26. The number of carboxylic acid groups (broad SMARTS) is 1. The molecule has 0 saturated heterocycles. The summed E-state index contributed by atoms with van der Waals surface area (Å²) < 4.78 is 0. The van der Waals surface area contributed by atoms with Gasteiger partial charge in [0.25, 0.3) is 0 Å². The highest BCUT2D eigenvalue weighted by molar-refractivity contribution is 6.18. The van der Waals surface area contributed by atoms with Gasteiger partial charge in [0.15, 0.2) is 0 Å². The van der Waals surface area contributed by atoms with E-state index in [1.54, 1.807) is 0 Å². The molecule has 0 heterocycles. The normalized spacial score (nSPS) is 10.3. The van der Waals surface area contributed by atoms with Crippen LogP contribution >= 0.6 is 0 Å². The Morgan fingerprint density at radius 1 is 0.842 bits per heavy atom. The van der Waals surface area contributed by atoms with Crippen LogP contribution in [-0.2, 0) is 0 Å². The Balaban J connectivity index is 3.01. The third kappa shape index (κ3) is 1.99. The Labute approximate surface area is 107 Å². The Morgan fingerprint density at radius 2 is 1.37 bits per heavy atom. The standard InChI is InChI=1S/C13H10N2O4/c14-11(16)8-3-1-2-6-7(13(18)19)4-5-9(10(6)8)12(15)17/h1-5H,(H2,14,16)(H2,15,17)(H,18,19). The fourth-order valence-electron chi connectivity index (χ4n) is 2.00. The molecule has 19 heavy (non-hydrogen) atoms. The lowest BCUT2D eigenvalue weighted by Gasteiger charge is -2.09. The van der Waals surface area contributed by atoms with E-state index in [2.05, 4.69) is 0 Å². The molecule has 2 rings (SSSR count). The van der Waals surface area contributed by atoms with Gasteiger partial charge in [-0.05, 0) is 23.6 Å². The van der Waals surface area contributed by atoms with Crippen LogP contribution in [0.1, 0.15) is 31.1 Å². The van der Waals surface area contributed by atoms with Crippen LogP contribution in [0.25, 0.3) is 10.8 Å². The Kier molecular flexibility index (Phi) is 2.92. The first-order valence-corrected chi connectivity index (χ1v) is 5.32. The van der Waals surface area contributed by atoms with E-state index in [1.807, 2.05) is 0 Å². The summed E-state index contributed by atoms with van der Waals surface area (Å²) in [7, 11) is 0. The molecule has 0 atom stereocenters. The highest BCUT2D eigenvalue weighted by atomic mass is 16.4. The third-order valence-corrected chi connectivity index (χ3v) is 2.80. The lowest BCUT2D eigenvalue weighted by Crippen LogP contribution is -2.17. The zero-order valence-electron chi connectivity index (χ0n) is 9.71. The van der Waals surface area contributed by atoms with Crippen molar-refractivity contribution < 1.29 is 19.5 Å². The maximum Gasteiger partial charge on any atom is 0.336 e. The van der Waals surface area contributed by atoms with Crippen molar-refractivity contribution in [2.45, 2.75) is 0 Å². The predicted octanol–water partition coefficient (Wildman–Crippen LogP) is 0.736. The SMILES string of the molecule is NC(=O)c1cccc2c(C(=O)O)ccc(C(N)=O)c12. The van der Waals surface area contributed by atoms with E-state index >= 15 is 0 Å². The lowest BCUT2D eigenvalue weighted by atomic mass is 9.95. The first-order valence-electron chi connectivity index (χ1n) is 5.32. The van der Waals surface area contributed by atoms with Crippen molar-refractivity contribution >= 4 is 28.6 Å². The van der Waals surface area contributed by atoms with Gasteiger partial charge in [-0.1, -0.05) is 12.1 Å². The maximum absolute atomic E-state index is 11.4. The summed E-state index contributed by atoms with van der Waals surface area (Å²) in [6, 6.07) is 6.97. The van der Waals surface area contributed by atoms with Gasteiger partial charge in [-0.3, -0.25) is 9.59 Å². The summed E-state index contributed by atoms with van der Waals surface area (Å²) in [6.07, 6.45) is 0. The molecule has 0 saturated carbocycles. The van der Waals surface area contributed by atoms with Gasteiger partial charge >= 0.3 is 5.97 Å². The molecule has 2 aromatic rings. The summed E-state index contributed by atoms with van der Waals surface area (Å²) in [4.78, 5) is 33.9. The number of carbonyl (C=O) groups excluding carboxylic acids is 2. The second-order valence-corrected chi connectivity index (χ2v) is 3.92. The van der Waals surface area contributed by atoms with Crippen molar-refractivity contribution in [2.24, 2.45) is 11.5 Å². The lowest BCUT2D eigenvalue weighted by molar-refractivity contribution is 0.0698. The number of hydrogen-bond acceptors (Lipinski definition) is 3. The number of amides is 2. The van der Waals surface area contributed by atoms with Gasteiger partial charge in [-0.25, -0.2) is 4.79 Å². The molecule has 2 aromatic carbocycles. The molecule has 0 unspecified atom stereocenters. The molecule has 0 aliphatic heterocycles. The van der Waals surface area contributed by atoms with Crippen LogP contribution in [0.2, 0.25) is 0 Å². The molecule has 0 aliphatic rings. The quantitative estimate of drug-likeness (QED) is 0.750. The second-order valence-electron chi connectivity index (χ2n) is 3.92. The first-order chi connectivity index (χ1) is 8.93. The molecule has 0 fully saturated rings. The average molecular weight is 258 g/mol. The number of nitrogens with two attached hydrogens (primary N) is 2.